The molecule has 4 N–H and O–H groups in total. The molecule has 0 saturated carbocycles. The van der Waals surface area contributed by atoms with E-state index < -0.39 is 40.0 Å². The van der Waals surface area contributed by atoms with E-state index in [0.717, 1.165) is 44.9 Å². The molecule has 0 aliphatic heterocycles. The number of aliphatic hydroxyl groups excluding tert-OH is 2. The molecule has 3 unspecified atom stereocenters. The Bertz CT molecular complexity index is 1040. The Balaban J connectivity index is 3.96. The molecule has 0 saturated heterocycles. The van der Waals surface area contributed by atoms with Gasteiger partial charge in [0.15, 0.2) is 0 Å². The number of hydrogen-bond donors (Lipinski definition) is 4. The Hall–Kier alpha value is -1.48. The van der Waals surface area contributed by atoms with Crippen LogP contribution in [0.2, 0.25) is 0 Å². The van der Waals surface area contributed by atoms with Crippen LogP contribution in [0.15, 0.2) is 36.5 Å². The number of aliphatic hydroxyl groups is 2. The van der Waals surface area contributed by atoms with Gasteiger partial charge in [0.05, 0.1) is 17.9 Å². The highest BCUT2D eigenvalue weighted by molar-refractivity contribution is 7.85. The first-order chi connectivity index (χ1) is 27.2. The van der Waals surface area contributed by atoms with Crippen LogP contribution in [-0.2, 0) is 14.9 Å². The summed E-state index contributed by atoms with van der Waals surface area (Å²) in [5.41, 5.74) is 0. The van der Waals surface area contributed by atoms with Gasteiger partial charge in [0, 0.05) is 0 Å². The van der Waals surface area contributed by atoms with Crippen molar-refractivity contribution in [3.63, 3.8) is 0 Å². The van der Waals surface area contributed by atoms with Crippen LogP contribution in [0.3, 0.4) is 0 Å². The Morgan fingerprint density at radius 3 is 1.18 bits per heavy atom. The summed E-state index contributed by atoms with van der Waals surface area (Å²) in [6.07, 6.45) is 52.1. The summed E-state index contributed by atoms with van der Waals surface area (Å²) in [5, 5.41) is 23.5. The van der Waals surface area contributed by atoms with Crippen molar-refractivity contribution in [1.29, 1.82) is 0 Å². The fourth-order valence-electron chi connectivity index (χ4n) is 7.25. The van der Waals surface area contributed by atoms with Crippen LogP contribution in [0.4, 0.5) is 0 Å². The second-order valence-corrected chi connectivity index (χ2v) is 18.0. The third-order valence-corrected chi connectivity index (χ3v) is 11.7. The predicted molar refractivity (Wildman–Crippen MR) is 241 cm³/mol. The number of allylic oxidation sites excluding steroid dienone is 5. The first kappa shape index (κ1) is 54.5. The van der Waals surface area contributed by atoms with Gasteiger partial charge >= 0.3 is 0 Å². The van der Waals surface area contributed by atoms with Gasteiger partial charge in [-0.05, 0) is 44.9 Å². The highest BCUT2D eigenvalue weighted by Crippen LogP contribution is 2.16. The molecule has 0 spiro atoms. The lowest BCUT2D eigenvalue weighted by atomic mass is 10.0. The lowest BCUT2D eigenvalue weighted by Gasteiger charge is -2.22. The standard InChI is InChI=1S/C48H91NO6S/c1-3-5-7-9-11-13-15-17-19-21-22-23-24-25-27-29-31-33-35-37-39-41-43-47(51)48(52)49-45(44-56(53,54)55)46(50)42-40-38-36-34-32-30-28-26-20-18-16-14-12-10-8-6-4-2/h20,26,32,34,40,42,45-47,50-51H,3-19,21-25,27-31,33,35-39,41,43-44H2,1-2H3,(H,49,52)(H,53,54,55)/b26-20+,34-32+,42-40+. The van der Waals surface area contributed by atoms with Crippen molar-refractivity contribution in [2.24, 2.45) is 0 Å². The zero-order valence-corrected chi connectivity index (χ0v) is 37.4. The summed E-state index contributed by atoms with van der Waals surface area (Å²) in [5.74, 6) is -1.56. The first-order valence-corrected chi connectivity index (χ1v) is 25.4. The smallest absolute Gasteiger partial charge is 0.267 e. The molecule has 0 heterocycles. The Labute approximate surface area is 347 Å². The van der Waals surface area contributed by atoms with Gasteiger partial charge in [-0.3, -0.25) is 9.35 Å². The second-order valence-electron chi connectivity index (χ2n) is 16.5. The van der Waals surface area contributed by atoms with Crippen LogP contribution in [0.25, 0.3) is 0 Å². The fraction of sp³-hybridized carbons (Fsp3) is 0.854. The van der Waals surface area contributed by atoms with E-state index in [1.807, 2.05) is 0 Å². The highest BCUT2D eigenvalue weighted by atomic mass is 32.2. The number of nitrogens with one attached hydrogen (secondary N) is 1. The van der Waals surface area contributed by atoms with Crippen molar-refractivity contribution >= 4 is 16.0 Å². The molecule has 0 rings (SSSR count). The summed E-state index contributed by atoms with van der Waals surface area (Å²) in [7, 11) is -4.46. The van der Waals surface area contributed by atoms with Gasteiger partial charge in [0.2, 0.25) is 5.91 Å². The summed E-state index contributed by atoms with van der Waals surface area (Å²) >= 11 is 0. The van der Waals surface area contributed by atoms with E-state index in [1.54, 1.807) is 6.08 Å². The molecule has 0 fully saturated rings. The van der Waals surface area contributed by atoms with E-state index in [2.05, 4.69) is 43.5 Å². The minimum absolute atomic E-state index is 0.275. The van der Waals surface area contributed by atoms with Crippen molar-refractivity contribution in [3.8, 4) is 0 Å². The molecule has 8 heteroatoms. The topological polar surface area (TPSA) is 124 Å². The van der Waals surface area contributed by atoms with E-state index in [1.165, 1.54) is 167 Å². The minimum Gasteiger partial charge on any atom is -0.387 e. The fourth-order valence-corrected chi connectivity index (χ4v) is 7.99. The summed E-state index contributed by atoms with van der Waals surface area (Å²) in [4.78, 5) is 12.6. The van der Waals surface area contributed by atoms with Gasteiger partial charge in [-0.2, -0.15) is 8.42 Å². The normalized spacial score (nSPS) is 14.0. The van der Waals surface area contributed by atoms with Crippen LogP contribution >= 0.6 is 0 Å². The largest absolute Gasteiger partial charge is 0.387 e. The van der Waals surface area contributed by atoms with Crippen molar-refractivity contribution in [1.82, 2.24) is 5.32 Å². The van der Waals surface area contributed by atoms with Crippen LogP contribution in [0.5, 0.6) is 0 Å². The SMILES string of the molecule is CCCCCCCCC/C=C/CC/C=C/CC/C=C/C(O)C(CS(=O)(=O)O)NC(=O)C(O)CCCCCCCCCCCCCCCCCCCCCCCC. The predicted octanol–water partition coefficient (Wildman–Crippen LogP) is 13.4. The molecule has 7 nitrogen and oxygen atoms in total. The molecule has 0 aromatic carbocycles. The van der Waals surface area contributed by atoms with Gasteiger partial charge in [0.1, 0.15) is 6.10 Å². The third-order valence-electron chi connectivity index (χ3n) is 10.9. The zero-order chi connectivity index (χ0) is 41.2. The van der Waals surface area contributed by atoms with Gasteiger partial charge in [-0.1, -0.05) is 230 Å². The molecule has 0 aromatic heterocycles. The maximum absolute atomic E-state index is 12.6. The van der Waals surface area contributed by atoms with Crippen molar-refractivity contribution in [3.05, 3.63) is 36.5 Å². The molecule has 0 bridgehead atoms. The molecular weight excluding hydrogens is 719 g/mol. The third kappa shape index (κ3) is 40.7. The lowest BCUT2D eigenvalue weighted by Crippen LogP contribution is -2.50. The summed E-state index contributed by atoms with van der Waals surface area (Å²) < 4.78 is 32.6. The van der Waals surface area contributed by atoms with Gasteiger partial charge < -0.3 is 15.5 Å². The number of rotatable bonds is 43. The number of carbonyl (C=O) groups is 1. The molecule has 0 radical (unpaired) electrons. The summed E-state index contributed by atoms with van der Waals surface area (Å²) in [6, 6.07) is -1.25. The molecule has 56 heavy (non-hydrogen) atoms. The van der Waals surface area contributed by atoms with Crippen molar-refractivity contribution in [2.75, 3.05) is 5.75 Å². The molecule has 330 valence electrons. The van der Waals surface area contributed by atoms with E-state index in [-0.39, 0.29) is 6.42 Å². The van der Waals surface area contributed by atoms with Gasteiger partial charge in [-0.15, -0.1) is 0 Å². The second kappa shape index (κ2) is 41.7. The number of amides is 1. The van der Waals surface area contributed by atoms with Crippen LogP contribution in [0.1, 0.15) is 239 Å². The number of unbranched alkanes of at least 4 members (excludes halogenated alkanes) is 30. The van der Waals surface area contributed by atoms with E-state index in [9.17, 15) is 28.0 Å². The average Bonchev–Trinajstić information content (AvgIpc) is 3.17. The molecule has 0 aromatic rings. The Morgan fingerprint density at radius 2 is 0.804 bits per heavy atom. The van der Waals surface area contributed by atoms with Gasteiger partial charge in [0.25, 0.3) is 10.1 Å². The molecule has 1 amide bonds. The van der Waals surface area contributed by atoms with Crippen molar-refractivity contribution in [2.45, 2.75) is 257 Å². The zero-order valence-electron chi connectivity index (χ0n) is 36.6. The maximum atomic E-state index is 12.6. The molecular formula is C48H91NO6S. The lowest BCUT2D eigenvalue weighted by molar-refractivity contribution is -0.130. The van der Waals surface area contributed by atoms with Crippen LogP contribution in [0, 0.1) is 0 Å². The van der Waals surface area contributed by atoms with Crippen LogP contribution < -0.4 is 5.32 Å². The van der Waals surface area contributed by atoms with Gasteiger partial charge in [-0.25, -0.2) is 0 Å². The van der Waals surface area contributed by atoms with Crippen molar-refractivity contribution < 1.29 is 28.0 Å². The van der Waals surface area contributed by atoms with Crippen LogP contribution in [-0.4, -0.2) is 53.1 Å². The highest BCUT2D eigenvalue weighted by Gasteiger charge is 2.27. The number of hydrogen-bond acceptors (Lipinski definition) is 5. The summed E-state index contributed by atoms with van der Waals surface area (Å²) in [6.45, 7) is 4.53. The Kier molecular flexibility index (Phi) is 40.6. The molecule has 0 aliphatic carbocycles. The maximum Gasteiger partial charge on any atom is 0.267 e. The Morgan fingerprint density at radius 1 is 0.482 bits per heavy atom. The van der Waals surface area contributed by atoms with E-state index in [0.29, 0.717) is 12.8 Å². The monoisotopic (exact) mass is 810 g/mol. The van der Waals surface area contributed by atoms with E-state index >= 15 is 0 Å². The average molecular weight is 810 g/mol. The minimum atomic E-state index is -4.46. The molecule has 3 atom stereocenters. The first-order valence-electron chi connectivity index (χ1n) is 23.8. The quantitative estimate of drug-likeness (QED) is 0.0276. The number of carbonyl (C=O) groups excluding carboxylic acids is 1. The molecule has 0 aliphatic rings. The van der Waals surface area contributed by atoms with E-state index in [4.69, 9.17) is 0 Å².